The monoisotopic (exact) mass is 356 g/mol. The lowest BCUT2D eigenvalue weighted by molar-refractivity contribution is -0.125. The van der Waals surface area contributed by atoms with Crippen LogP contribution in [0.1, 0.15) is 88.0 Å². The van der Waals surface area contributed by atoms with Crippen molar-refractivity contribution >= 4 is 5.91 Å². The van der Waals surface area contributed by atoms with Gasteiger partial charge in [0.15, 0.2) is 0 Å². The number of nitrogens with one attached hydrogen (secondary N) is 2. The molecule has 150 valence electrons. The smallest absolute Gasteiger partial charge is 0.220 e. The van der Waals surface area contributed by atoms with Crippen molar-refractivity contribution < 1.29 is 9.53 Å². The number of hydrogen-bond acceptors (Lipinski definition) is 3. The van der Waals surface area contributed by atoms with Crippen molar-refractivity contribution in [2.45, 2.75) is 99.1 Å². The molecular formula is C21H44N2O2. The minimum atomic E-state index is -0.261. The lowest BCUT2D eigenvalue weighted by Crippen LogP contribution is -2.46. The van der Waals surface area contributed by atoms with Crippen molar-refractivity contribution in [1.82, 2.24) is 10.6 Å². The van der Waals surface area contributed by atoms with Crippen molar-refractivity contribution in [1.29, 1.82) is 0 Å². The summed E-state index contributed by atoms with van der Waals surface area (Å²) in [5, 5.41) is 6.34. The zero-order valence-electron chi connectivity index (χ0n) is 18.6. The molecule has 0 rings (SSSR count). The van der Waals surface area contributed by atoms with Crippen LogP contribution in [0.25, 0.3) is 0 Å². The Kier molecular flexibility index (Phi) is 9.13. The predicted molar refractivity (Wildman–Crippen MR) is 108 cm³/mol. The molecule has 0 bridgehead atoms. The molecule has 0 saturated heterocycles. The van der Waals surface area contributed by atoms with Crippen molar-refractivity contribution in [3.8, 4) is 0 Å². The number of hydrogen-bond donors (Lipinski definition) is 2. The van der Waals surface area contributed by atoms with Crippen LogP contribution in [-0.2, 0) is 9.53 Å². The number of rotatable bonds is 12. The lowest BCUT2D eigenvalue weighted by Gasteiger charge is -2.35. The Morgan fingerprint density at radius 1 is 0.960 bits per heavy atom. The molecule has 0 atom stereocenters. The van der Waals surface area contributed by atoms with Gasteiger partial charge in [-0.05, 0) is 58.4 Å². The standard InChI is InChI=1S/C21H44N2O2/c1-11-18(2,3)15-19(4,5)14-17(24)23-20(6,7)12-13-25-21(8,9)16-22-10/h22H,11-16H2,1-10H3,(H,23,24). The fourth-order valence-corrected chi connectivity index (χ4v) is 3.46. The van der Waals surface area contributed by atoms with E-state index in [1.54, 1.807) is 0 Å². The first-order chi connectivity index (χ1) is 11.1. The molecule has 0 aromatic rings. The average Bonchev–Trinajstić information content (AvgIpc) is 2.34. The van der Waals surface area contributed by atoms with Crippen LogP contribution in [0.5, 0.6) is 0 Å². The molecule has 25 heavy (non-hydrogen) atoms. The second-order valence-electron chi connectivity index (χ2n) is 10.4. The third-order valence-electron chi connectivity index (χ3n) is 4.85. The van der Waals surface area contributed by atoms with Crippen LogP contribution in [0, 0.1) is 10.8 Å². The number of carbonyl (C=O) groups is 1. The number of carbonyl (C=O) groups excluding carboxylic acids is 1. The number of ether oxygens (including phenoxy) is 1. The minimum absolute atomic E-state index is 0.00492. The van der Waals surface area contributed by atoms with E-state index in [9.17, 15) is 4.79 Å². The van der Waals surface area contributed by atoms with Gasteiger partial charge in [-0.1, -0.05) is 41.0 Å². The Morgan fingerprint density at radius 3 is 2.00 bits per heavy atom. The fraction of sp³-hybridized carbons (Fsp3) is 0.952. The van der Waals surface area contributed by atoms with Gasteiger partial charge in [-0.3, -0.25) is 4.79 Å². The van der Waals surface area contributed by atoms with Gasteiger partial charge in [0.2, 0.25) is 5.91 Å². The van der Waals surface area contributed by atoms with Crippen molar-refractivity contribution in [3.63, 3.8) is 0 Å². The Balaban J connectivity index is 4.47. The Labute approximate surface area is 156 Å². The molecule has 0 aromatic carbocycles. The molecule has 2 N–H and O–H groups in total. The van der Waals surface area contributed by atoms with Gasteiger partial charge in [0.05, 0.1) is 5.60 Å². The molecule has 0 radical (unpaired) electrons. The SMILES string of the molecule is CCC(C)(C)CC(C)(C)CC(=O)NC(C)(C)CCOC(C)(C)CNC. The zero-order valence-corrected chi connectivity index (χ0v) is 18.6. The van der Waals surface area contributed by atoms with E-state index in [0.29, 0.717) is 13.0 Å². The highest BCUT2D eigenvalue weighted by molar-refractivity contribution is 5.77. The third-order valence-corrected chi connectivity index (χ3v) is 4.85. The van der Waals surface area contributed by atoms with Crippen LogP contribution in [0.4, 0.5) is 0 Å². The van der Waals surface area contributed by atoms with Gasteiger partial charge >= 0.3 is 0 Å². The van der Waals surface area contributed by atoms with Gasteiger partial charge in [-0.15, -0.1) is 0 Å². The van der Waals surface area contributed by atoms with Crippen molar-refractivity contribution in [3.05, 3.63) is 0 Å². The van der Waals surface area contributed by atoms with E-state index in [4.69, 9.17) is 4.74 Å². The summed E-state index contributed by atoms with van der Waals surface area (Å²) in [6.45, 7) is 20.9. The van der Waals surface area contributed by atoms with Crippen LogP contribution in [0.2, 0.25) is 0 Å². The molecule has 0 aromatic heterocycles. The average molecular weight is 357 g/mol. The summed E-state index contributed by atoms with van der Waals surface area (Å²) < 4.78 is 5.95. The third kappa shape index (κ3) is 11.6. The molecule has 0 heterocycles. The van der Waals surface area contributed by atoms with Crippen LogP contribution in [-0.4, -0.2) is 37.2 Å². The van der Waals surface area contributed by atoms with Gasteiger partial charge in [0.25, 0.3) is 0 Å². The molecule has 0 aliphatic heterocycles. The Morgan fingerprint density at radius 2 is 1.52 bits per heavy atom. The van der Waals surface area contributed by atoms with E-state index in [-0.39, 0.29) is 27.9 Å². The van der Waals surface area contributed by atoms with E-state index in [1.165, 1.54) is 0 Å². The first-order valence-corrected chi connectivity index (χ1v) is 9.73. The zero-order chi connectivity index (χ0) is 19.9. The van der Waals surface area contributed by atoms with E-state index in [1.807, 2.05) is 7.05 Å². The highest BCUT2D eigenvalue weighted by atomic mass is 16.5. The van der Waals surface area contributed by atoms with Gasteiger partial charge < -0.3 is 15.4 Å². The highest BCUT2D eigenvalue weighted by Crippen LogP contribution is 2.38. The first kappa shape index (κ1) is 24.4. The summed E-state index contributed by atoms with van der Waals surface area (Å²) in [7, 11) is 1.93. The highest BCUT2D eigenvalue weighted by Gasteiger charge is 2.31. The Hall–Kier alpha value is -0.610. The van der Waals surface area contributed by atoms with Gasteiger partial charge in [0, 0.05) is 25.1 Å². The van der Waals surface area contributed by atoms with E-state index < -0.39 is 0 Å². The summed E-state index contributed by atoms with van der Waals surface area (Å²) in [6.07, 6.45) is 3.54. The maximum atomic E-state index is 12.5. The van der Waals surface area contributed by atoms with Crippen LogP contribution >= 0.6 is 0 Å². The molecule has 0 saturated carbocycles. The summed E-state index contributed by atoms with van der Waals surface area (Å²) in [6, 6.07) is 0. The second kappa shape index (κ2) is 9.36. The van der Waals surface area contributed by atoms with E-state index in [2.05, 4.69) is 72.9 Å². The van der Waals surface area contributed by atoms with Crippen LogP contribution < -0.4 is 10.6 Å². The normalized spacial score (nSPS) is 13.8. The van der Waals surface area contributed by atoms with Gasteiger partial charge in [-0.25, -0.2) is 0 Å². The molecule has 4 nitrogen and oxygen atoms in total. The summed E-state index contributed by atoms with van der Waals surface area (Å²) in [5.41, 5.74) is -0.178. The molecule has 0 aliphatic carbocycles. The maximum Gasteiger partial charge on any atom is 0.220 e. The molecule has 0 unspecified atom stereocenters. The maximum absolute atomic E-state index is 12.5. The van der Waals surface area contributed by atoms with Crippen molar-refractivity contribution in [2.24, 2.45) is 10.8 Å². The van der Waals surface area contributed by atoms with Gasteiger partial charge in [0.1, 0.15) is 0 Å². The molecule has 4 heteroatoms. The summed E-state index contributed by atoms with van der Waals surface area (Å²) >= 11 is 0. The molecular weight excluding hydrogens is 312 g/mol. The topological polar surface area (TPSA) is 50.4 Å². The summed E-state index contributed by atoms with van der Waals surface area (Å²) in [4.78, 5) is 12.5. The summed E-state index contributed by atoms with van der Waals surface area (Å²) in [5.74, 6) is 0.136. The predicted octanol–water partition coefficient (Wildman–Crippen LogP) is 4.53. The second-order valence-corrected chi connectivity index (χ2v) is 10.4. The quantitative estimate of drug-likeness (QED) is 0.540. The first-order valence-electron chi connectivity index (χ1n) is 9.73. The molecule has 0 fully saturated rings. The largest absolute Gasteiger partial charge is 0.374 e. The van der Waals surface area contributed by atoms with Crippen LogP contribution in [0.15, 0.2) is 0 Å². The molecule has 1 amide bonds. The van der Waals surface area contributed by atoms with Crippen LogP contribution in [0.3, 0.4) is 0 Å². The van der Waals surface area contributed by atoms with Gasteiger partial charge in [-0.2, -0.15) is 0 Å². The lowest BCUT2D eigenvalue weighted by atomic mass is 9.72. The van der Waals surface area contributed by atoms with E-state index >= 15 is 0 Å². The molecule has 0 aliphatic rings. The number of likely N-dealkylation sites (N-methyl/N-ethyl adjacent to an activating group) is 1. The van der Waals surface area contributed by atoms with E-state index in [0.717, 1.165) is 25.8 Å². The Bertz CT molecular complexity index is 412. The fourth-order valence-electron chi connectivity index (χ4n) is 3.46. The van der Waals surface area contributed by atoms with Crippen molar-refractivity contribution in [2.75, 3.05) is 20.2 Å². The minimum Gasteiger partial charge on any atom is -0.374 e. The molecule has 0 spiro atoms. The number of amides is 1.